The van der Waals surface area contributed by atoms with Gasteiger partial charge in [0, 0.05) is 0 Å². The molecule has 0 rings (SSSR count). The molecule has 0 radical (unpaired) electrons. The van der Waals surface area contributed by atoms with Crippen LogP contribution in [-0.2, 0) is 0 Å². The Morgan fingerprint density at radius 2 is 1.62 bits per heavy atom. The van der Waals surface area contributed by atoms with Crippen molar-refractivity contribution in [2.24, 2.45) is 0 Å². The summed E-state index contributed by atoms with van der Waals surface area (Å²) >= 11 is 0. The van der Waals surface area contributed by atoms with E-state index in [9.17, 15) is 0 Å². The molecular formula is C12H18Si. The smallest absolute Gasteiger partial charge is 0.126 e. The summed E-state index contributed by atoms with van der Waals surface area (Å²) in [6, 6.07) is 3.74. The van der Waals surface area contributed by atoms with Gasteiger partial charge in [-0.15, -0.1) is 12.0 Å². The van der Waals surface area contributed by atoms with Crippen molar-refractivity contribution in [3.8, 4) is 23.8 Å². The Kier molecular flexibility index (Phi) is 6.11. The van der Waals surface area contributed by atoms with Crippen LogP contribution in [0.4, 0.5) is 0 Å². The minimum atomic E-state index is -1.25. The molecule has 0 saturated heterocycles. The largest absolute Gasteiger partial charge is 0.138 e. The summed E-state index contributed by atoms with van der Waals surface area (Å²) in [5.41, 5.74) is 3.42. The molecule has 0 bridgehead atoms. The Bertz CT molecular complexity index is 245. The molecule has 0 aliphatic rings. The van der Waals surface area contributed by atoms with Gasteiger partial charge >= 0.3 is 0 Å². The number of allylic oxidation sites excluding steroid dienone is 2. The van der Waals surface area contributed by atoms with Gasteiger partial charge in [-0.2, -0.15) is 0 Å². The molecule has 0 heterocycles. The highest BCUT2D eigenvalue weighted by atomic mass is 28.3. The molecule has 13 heavy (non-hydrogen) atoms. The van der Waals surface area contributed by atoms with E-state index in [4.69, 9.17) is 6.42 Å². The van der Waals surface area contributed by atoms with Gasteiger partial charge in [0.2, 0.25) is 0 Å². The Labute approximate surface area is 83.4 Å². The topological polar surface area (TPSA) is 0 Å². The summed E-state index contributed by atoms with van der Waals surface area (Å²) < 4.78 is 0. The van der Waals surface area contributed by atoms with E-state index in [1.54, 1.807) is 12.2 Å². The average molecular weight is 190 g/mol. The fraction of sp³-hybridized carbons (Fsp3) is 0.500. The van der Waals surface area contributed by atoms with Gasteiger partial charge in [-0.3, -0.25) is 0 Å². The van der Waals surface area contributed by atoms with Gasteiger partial charge in [0.15, 0.2) is 0 Å². The van der Waals surface area contributed by atoms with Crippen molar-refractivity contribution in [2.45, 2.75) is 38.9 Å². The van der Waals surface area contributed by atoms with Crippen molar-refractivity contribution in [2.75, 3.05) is 0 Å². The highest BCUT2D eigenvalue weighted by molar-refractivity contribution is 6.87. The summed E-state index contributed by atoms with van der Waals surface area (Å²) in [6.45, 7) is 6.75. The van der Waals surface area contributed by atoms with Crippen molar-refractivity contribution >= 4 is 8.07 Å². The van der Waals surface area contributed by atoms with Crippen LogP contribution >= 0.6 is 0 Å². The van der Waals surface area contributed by atoms with Crippen LogP contribution < -0.4 is 0 Å². The molecule has 0 unspecified atom stereocenters. The normalized spacial score (nSPS) is 10.6. The van der Waals surface area contributed by atoms with E-state index < -0.39 is 8.07 Å². The van der Waals surface area contributed by atoms with Crippen LogP contribution in [0.1, 0.15) is 20.8 Å². The zero-order valence-corrected chi connectivity index (χ0v) is 9.85. The second-order valence-corrected chi connectivity index (χ2v) is 8.04. The first-order chi connectivity index (χ1) is 6.24. The molecule has 70 valence electrons. The summed E-state index contributed by atoms with van der Waals surface area (Å²) in [5, 5.41) is 0. The van der Waals surface area contributed by atoms with Crippen molar-refractivity contribution in [3.63, 3.8) is 0 Å². The fourth-order valence-corrected chi connectivity index (χ4v) is 3.72. The van der Waals surface area contributed by atoms with E-state index in [0.29, 0.717) is 0 Å². The van der Waals surface area contributed by atoms with Crippen molar-refractivity contribution in [1.29, 1.82) is 0 Å². The molecule has 0 aromatic rings. The third-order valence-corrected chi connectivity index (χ3v) is 7.37. The molecule has 0 aromatic carbocycles. The lowest BCUT2D eigenvalue weighted by Gasteiger charge is -2.19. The molecule has 0 amide bonds. The lowest BCUT2D eigenvalue weighted by Crippen LogP contribution is -2.29. The number of hydrogen-bond acceptors (Lipinski definition) is 0. The molecule has 0 aromatic heterocycles. The standard InChI is InChI=1S/C12H18Si/c1-5-9-10-11-12-13(6-2,7-3)8-4/h1,9-10H,6-8H2,2-4H3/b10-9+. The third-order valence-electron chi connectivity index (χ3n) is 2.63. The van der Waals surface area contributed by atoms with Crippen molar-refractivity contribution < 1.29 is 0 Å². The second kappa shape index (κ2) is 6.58. The molecule has 0 aliphatic heterocycles. The second-order valence-electron chi connectivity index (χ2n) is 3.11. The first-order valence-corrected chi connectivity index (χ1v) is 7.50. The zero-order valence-electron chi connectivity index (χ0n) is 8.85. The Morgan fingerprint density at radius 3 is 2.00 bits per heavy atom. The fourth-order valence-electron chi connectivity index (χ4n) is 1.30. The van der Waals surface area contributed by atoms with Crippen molar-refractivity contribution in [3.05, 3.63) is 12.2 Å². The molecule has 1 heteroatoms. The van der Waals surface area contributed by atoms with E-state index in [1.165, 1.54) is 18.1 Å². The summed E-state index contributed by atoms with van der Waals surface area (Å²) in [7, 11) is -1.25. The molecular weight excluding hydrogens is 172 g/mol. The van der Waals surface area contributed by atoms with E-state index in [-0.39, 0.29) is 0 Å². The molecule has 0 nitrogen and oxygen atoms in total. The molecule has 0 N–H and O–H groups in total. The van der Waals surface area contributed by atoms with Crippen LogP contribution in [0.2, 0.25) is 18.1 Å². The highest BCUT2D eigenvalue weighted by Gasteiger charge is 2.23. The van der Waals surface area contributed by atoms with E-state index in [2.05, 4.69) is 38.2 Å². The van der Waals surface area contributed by atoms with Gasteiger partial charge in [-0.1, -0.05) is 32.6 Å². The van der Waals surface area contributed by atoms with Crippen molar-refractivity contribution in [1.82, 2.24) is 0 Å². The lowest BCUT2D eigenvalue weighted by atomic mass is 10.5. The van der Waals surface area contributed by atoms with Crippen LogP contribution in [0, 0.1) is 23.8 Å². The Morgan fingerprint density at radius 1 is 1.08 bits per heavy atom. The summed E-state index contributed by atoms with van der Waals surface area (Å²) in [5.74, 6) is 5.51. The molecule has 0 aliphatic carbocycles. The maximum Gasteiger partial charge on any atom is 0.138 e. The summed E-state index contributed by atoms with van der Waals surface area (Å²) in [4.78, 5) is 0. The van der Waals surface area contributed by atoms with E-state index in [0.717, 1.165) is 0 Å². The maximum absolute atomic E-state index is 5.08. The maximum atomic E-state index is 5.08. The summed E-state index contributed by atoms with van der Waals surface area (Å²) in [6.07, 6.45) is 8.52. The van der Waals surface area contributed by atoms with Crippen LogP contribution in [-0.4, -0.2) is 8.07 Å². The average Bonchev–Trinajstić information content (AvgIpc) is 2.20. The van der Waals surface area contributed by atoms with Gasteiger partial charge < -0.3 is 0 Å². The molecule has 0 spiro atoms. The predicted octanol–water partition coefficient (Wildman–Crippen LogP) is 3.23. The van der Waals surface area contributed by atoms with Crippen LogP contribution in [0.15, 0.2) is 12.2 Å². The minimum absolute atomic E-state index is 1.25. The lowest BCUT2D eigenvalue weighted by molar-refractivity contribution is 1.20. The van der Waals surface area contributed by atoms with Gasteiger partial charge in [0.05, 0.1) is 0 Å². The monoisotopic (exact) mass is 190 g/mol. The van der Waals surface area contributed by atoms with Crippen LogP contribution in [0.25, 0.3) is 0 Å². The Hall–Kier alpha value is -0.923. The van der Waals surface area contributed by atoms with Gasteiger partial charge in [-0.05, 0) is 30.3 Å². The molecule has 0 fully saturated rings. The molecule has 0 atom stereocenters. The zero-order chi connectivity index (χ0) is 10.2. The minimum Gasteiger partial charge on any atom is -0.126 e. The number of terminal acetylenes is 1. The predicted molar refractivity (Wildman–Crippen MR) is 62.9 cm³/mol. The Balaban J connectivity index is 4.48. The SMILES string of the molecule is C#C/C=C/C#C[Si](CC)(CC)CC. The van der Waals surface area contributed by atoms with Crippen LogP contribution in [0.3, 0.4) is 0 Å². The first-order valence-electron chi connectivity index (χ1n) is 4.88. The quantitative estimate of drug-likeness (QED) is 0.473. The van der Waals surface area contributed by atoms with Crippen LogP contribution in [0.5, 0.6) is 0 Å². The van der Waals surface area contributed by atoms with Gasteiger partial charge in [0.25, 0.3) is 0 Å². The highest BCUT2D eigenvalue weighted by Crippen LogP contribution is 2.18. The number of rotatable bonds is 3. The van der Waals surface area contributed by atoms with E-state index >= 15 is 0 Å². The third kappa shape index (κ3) is 4.01. The molecule has 0 saturated carbocycles. The first kappa shape index (κ1) is 12.1. The van der Waals surface area contributed by atoms with E-state index in [1.807, 2.05) is 0 Å². The van der Waals surface area contributed by atoms with Gasteiger partial charge in [-0.25, -0.2) is 0 Å². The number of hydrogen-bond donors (Lipinski definition) is 0. The van der Waals surface area contributed by atoms with Gasteiger partial charge in [0.1, 0.15) is 8.07 Å².